The lowest BCUT2D eigenvalue weighted by molar-refractivity contribution is -0.190. The summed E-state index contributed by atoms with van der Waals surface area (Å²) in [5.41, 5.74) is 0. The van der Waals surface area contributed by atoms with Gasteiger partial charge in [0.25, 0.3) is 0 Å². The van der Waals surface area contributed by atoms with Crippen molar-refractivity contribution >= 4 is 17.9 Å². The first-order chi connectivity index (χ1) is 16.8. The molecule has 0 saturated heterocycles. The van der Waals surface area contributed by atoms with Crippen molar-refractivity contribution in [2.75, 3.05) is 13.2 Å². The van der Waals surface area contributed by atoms with Gasteiger partial charge in [0.1, 0.15) is 31.0 Å². The standard InChI is InChI=1S/C24H44O12/c1-7-12(4)17(28)22(31)35-21(14(6)9-3)24(33)36-20(13(5)8-2)23(32)34-11-16(27)19(30)18(29)15(26)10-25/h12-21,25-30H,7-11H2,1-6H3/t12-,13-,14-,15+,16-,17-,18+,19-,20-,21-/m0/s1. The highest BCUT2D eigenvalue weighted by atomic mass is 16.6. The monoisotopic (exact) mass is 524 g/mol. The zero-order valence-corrected chi connectivity index (χ0v) is 21.9. The van der Waals surface area contributed by atoms with E-state index >= 15 is 0 Å². The second kappa shape index (κ2) is 16.8. The lowest BCUT2D eigenvalue weighted by Gasteiger charge is -2.28. The van der Waals surface area contributed by atoms with Crippen molar-refractivity contribution in [3.8, 4) is 0 Å². The first-order valence-corrected chi connectivity index (χ1v) is 12.4. The maximum atomic E-state index is 13.0. The Kier molecular flexibility index (Phi) is 16.0. The third-order valence-corrected chi connectivity index (χ3v) is 6.42. The van der Waals surface area contributed by atoms with Gasteiger partial charge in [0, 0.05) is 11.8 Å². The first kappa shape index (κ1) is 34.2. The number of aliphatic hydroxyl groups is 6. The van der Waals surface area contributed by atoms with Crippen LogP contribution in [0.3, 0.4) is 0 Å². The van der Waals surface area contributed by atoms with Crippen LogP contribution in [0.1, 0.15) is 60.8 Å². The number of esters is 3. The molecule has 10 atom stereocenters. The molecule has 0 aromatic carbocycles. The average Bonchev–Trinajstić information content (AvgIpc) is 2.89. The molecule has 0 aliphatic rings. The normalized spacial score (nSPS) is 20.0. The quantitative estimate of drug-likeness (QED) is 0.103. The summed E-state index contributed by atoms with van der Waals surface area (Å²) in [5, 5.41) is 57.9. The van der Waals surface area contributed by atoms with Gasteiger partial charge in [0.15, 0.2) is 6.10 Å². The largest absolute Gasteiger partial charge is 0.460 e. The summed E-state index contributed by atoms with van der Waals surface area (Å²) in [4.78, 5) is 38.0. The molecule has 0 aromatic rings. The zero-order chi connectivity index (χ0) is 28.2. The maximum absolute atomic E-state index is 13.0. The van der Waals surface area contributed by atoms with Crippen LogP contribution < -0.4 is 0 Å². The van der Waals surface area contributed by atoms with E-state index in [1.807, 2.05) is 0 Å². The van der Waals surface area contributed by atoms with Crippen molar-refractivity contribution in [2.24, 2.45) is 17.8 Å². The van der Waals surface area contributed by atoms with Gasteiger partial charge in [-0.25, -0.2) is 14.4 Å². The predicted molar refractivity (Wildman–Crippen MR) is 126 cm³/mol. The molecule has 0 aliphatic heterocycles. The number of hydrogen-bond donors (Lipinski definition) is 6. The molecule has 0 saturated carbocycles. The number of carbonyl (C=O) groups is 3. The molecule has 0 amide bonds. The molecule has 0 aliphatic carbocycles. The third-order valence-electron chi connectivity index (χ3n) is 6.42. The van der Waals surface area contributed by atoms with Crippen molar-refractivity contribution in [2.45, 2.75) is 104 Å². The molecule has 0 heterocycles. The van der Waals surface area contributed by atoms with Crippen molar-refractivity contribution in [1.29, 1.82) is 0 Å². The van der Waals surface area contributed by atoms with Gasteiger partial charge < -0.3 is 44.8 Å². The van der Waals surface area contributed by atoms with E-state index in [0.29, 0.717) is 19.3 Å². The average molecular weight is 525 g/mol. The van der Waals surface area contributed by atoms with Crippen molar-refractivity contribution < 1.29 is 59.2 Å². The van der Waals surface area contributed by atoms with E-state index in [9.17, 15) is 39.9 Å². The number of hydrogen-bond acceptors (Lipinski definition) is 12. The molecule has 0 radical (unpaired) electrons. The molecule has 0 bridgehead atoms. The van der Waals surface area contributed by atoms with E-state index in [-0.39, 0.29) is 0 Å². The van der Waals surface area contributed by atoms with Gasteiger partial charge in [0.2, 0.25) is 12.2 Å². The summed E-state index contributed by atoms with van der Waals surface area (Å²) in [6, 6.07) is 0. The Balaban J connectivity index is 5.45. The molecule has 0 rings (SSSR count). The highest BCUT2D eigenvalue weighted by molar-refractivity contribution is 5.84. The molecule has 0 unspecified atom stereocenters. The fourth-order valence-electron chi connectivity index (χ4n) is 2.98. The van der Waals surface area contributed by atoms with Crippen molar-refractivity contribution in [1.82, 2.24) is 0 Å². The molecular formula is C24H44O12. The van der Waals surface area contributed by atoms with Crippen molar-refractivity contribution in [3.63, 3.8) is 0 Å². The SMILES string of the molecule is CC[C@H](C)[C@H](O)C(=O)O[C@H](C(=O)O[C@H](C(=O)OC[C@H](O)[C@H](O)[C@H](O)[C@H](O)CO)[C@@H](C)CC)[C@@H](C)CC. The van der Waals surface area contributed by atoms with Gasteiger partial charge >= 0.3 is 17.9 Å². The first-order valence-electron chi connectivity index (χ1n) is 12.4. The molecule has 36 heavy (non-hydrogen) atoms. The number of aliphatic hydroxyl groups excluding tert-OH is 6. The maximum Gasteiger partial charge on any atom is 0.348 e. The fraction of sp³-hybridized carbons (Fsp3) is 0.875. The Labute approximate surface area is 212 Å². The van der Waals surface area contributed by atoms with E-state index < -0.39 is 91.6 Å². The van der Waals surface area contributed by atoms with Gasteiger partial charge in [-0.05, 0) is 18.8 Å². The molecule has 12 nitrogen and oxygen atoms in total. The molecular weight excluding hydrogens is 480 g/mol. The summed E-state index contributed by atoms with van der Waals surface area (Å²) in [6.45, 7) is 8.54. The van der Waals surface area contributed by atoms with E-state index in [2.05, 4.69) is 0 Å². The summed E-state index contributed by atoms with van der Waals surface area (Å²) in [7, 11) is 0. The highest BCUT2D eigenvalue weighted by Gasteiger charge is 2.38. The molecule has 12 heteroatoms. The Morgan fingerprint density at radius 3 is 1.50 bits per heavy atom. The summed E-state index contributed by atoms with van der Waals surface area (Å²) >= 11 is 0. The van der Waals surface area contributed by atoms with Crippen LogP contribution in [-0.4, -0.2) is 104 Å². The highest BCUT2D eigenvalue weighted by Crippen LogP contribution is 2.21. The molecule has 0 fully saturated rings. The van der Waals surface area contributed by atoms with Gasteiger partial charge in [-0.15, -0.1) is 0 Å². The fourth-order valence-corrected chi connectivity index (χ4v) is 2.98. The van der Waals surface area contributed by atoms with E-state index in [1.165, 1.54) is 0 Å². The topological polar surface area (TPSA) is 200 Å². The molecule has 6 N–H and O–H groups in total. The van der Waals surface area contributed by atoms with Crippen LogP contribution >= 0.6 is 0 Å². The van der Waals surface area contributed by atoms with Crippen LogP contribution in [0, 0.1) is 17.8 Å². The minimum atomic E-state index is -1.93. The zero-order valence-electron chi connectivity index (χ0n) is 21.9. The minimum absolute atomic E-state index is 0.389. The summed E-state index contributed by atoms with van der Waals surface area (Å²) in [5.74, 6) is -4.45. The van der Waals surface area contributed by atoms with Gasteiger partial charge in [-0.2, -0.15) is 0 Å². The lowest BCUT2D eigenvalue weighted by atomic mass is 9.99. The Morgan fingerprint density at radius 2 is 1.06 bits per heavy atom. The number of carbonyl (C=O) groups excluding carboxylic acids is 3. The predicted octanol–water partition coefficient (Wildman–Crippen LogP) is -0.712. The Hall–Kier alpha value is -1.83. The second-order valence-electron chi connectivity index (χ2n) is 9.24. The van der Waals surface area contributed by atoms with Gasteiger partial charge in [-0.1, -0.05) is 48.0 Å². The van der Waals surface area contributed by atoms with Crippen LogP contribution in [0.25, 0.3) is 0 Å². The molecule has 0 spiro atoms. The number of ether oxygens (including phenoxy) is 3. The van der Waals surface area contributed by atoms with Gasteiger partial charge in [-0.3, -0.25) is 0 Å². The second-order valence-corrected chi connectivity index (χ2v) is 9.24. The van der Waals surface area contributed by atoms with E-state index in [0.717, 1.165) is 0 Å². The van der Waals surface area contributed by atoms with Crippen molar-refractivity contribution in [3.05, 3.63) is 0 Å². The molecule has 0 aromatic heterocycles. The number of rotatable bonds is 17. The van der Waals surface area contributed by atoms with Crippen LogP contribution in [0.15, 0.2) is 0 Å². The summed E-state index contributed by atoms with van der Waals surface area (Å²) in [6.07, 6.45) is -10.3. The summed E-state index contributed by atoms with van der Waals surface area (Å²) < 4.78 is 15.6. The molecule has 212 valence electrons. The van der Waals surface area contributed by atoms with Crippen LogP contribution in [0.5, 0.6) is 0 Å². The van der Waals surface area contributed by atoms with Crippen LogP contribution in [0.2, 0.25) is 0 Å². The Morgan fingerprint density at radius 1 is 0.639 bits per heavy atom. The lowest BCUT2D eigenvalue weighted by Crippen LogP contribution is -2.48. The minimum Gasteiger partial charge on any atom is -0.460 e. The third kappa shape index (κ3) is 10.3. The van der Waals surface area contributed by atoms with Crippen LogP contribution in [0.4, 0.5) is 0 Å². The smallest absolute Gasteiger partial charge is 0.348 e. The van der Waals surface area contributed by atoms with E-state index in [1.54, 1.807) is 41.5 Å². The van der Waals surface area contributed by atoms with E-state index in [4.69, 9.17) is 19.3 Å². The van der Waals surface area contributed by atoms with Gasteiger partial charge in [0.05, 0.1) is 6.61 Å². The Bertz CT molecular complexity index is 671. The van der Waals surface area contributed by atoms with Crippen LogP contribution in [-0.2, 0) is 28.6 Å².